The molecule has 0 unspecified atom stereocenters. The number of carbonyl (C=O) groups excluding carboxylic acids is 1. The maximum absolute atomic E-state index is 13.4. The summed E-state index contributed by atoms with van der Waals surface area (Å²) >= 11 is 0. The van der Waals surface area contributed by atoms with Crippen LogP contribution >= 0.6 is 0 Å². The van der Waals surface area contributed by atoms with Crippen LogP contribution < -0.4 is 5.32 Å². The molecule has 2 aromatic rings. The fourth-order valence-corrected chi connectivity index (χ4v) is 1.49. The summed E-state index contributed by atoms with van der Waals surface area (Å²) in [5.74, 6) is -0.991. The van der Waals surface area contributed by atoms with E-state index < -0.39 is 11.7 Å². The van der Waals surface area contributed by atoms with Gasteiger partial charge in [0.1, 0.15) is 23.3 Å². The Labute approximate surface area is 102 Å². The molecule has 0 bridgehead atoms. The molecule has 0 radical (unpaired) electrons. The molecule has 1 N–H and O–H groups in total. The smallest absolute Gasteiger partial charge is 0.259 e. The maximum Gasteiger partial charge on any atom is 0.259 e. The van der Waals surface area contributed by atoms with Gasteiger partial charge < -0.3 is 5.32 Å². The molecule has 0 aliphatic heterocycles. The monoisotopic (exact) mass is 244 g/mol. The molecule has 2 rings (SSSR count). The Kier molecular flexibility index (Phi) is 3.06. The first-order valence-corrected chi connectivity index (χ1v) is 5.11. The summed E-state index contributed by atoms with van der Waals surface area (Å²) in [5.41, 5.74) is 0.143. The van der Waals surface area contributed by atoms with Crippen molar-refractivity contribution in [2.24, 2.45) is 7.05 Å². The highest BCUT2D eigenvalue weighted by Gasteiger charge is 2.15. The molecule has 6 heteroatoms. The van der Waals surface area contributed by atoms with Crippen LogP contribution in [0.2, 0.25) is 0 Å². The summed E-state index contributed by atoms with van der Waals surface area (Å²) in [5, 5.41) is 15.1. The lowest BCUT2D eigenvalue weighted by atomic mass is 10.2. The third-order valence-electron chi connectivity index (χ3n) is 2.41. The largest absolute Gasteiger partial charge is 0.306 e. The van der Waals surface area contributed by atoms with Crippen molar-refractivity contribution in [3.8, 4) is 6.07 Å². The predicted octanol–water partition coefficient (Wildman–Crippen LogP) is 1.68. The minimum absolute atomic E-state index is 0.0809. The van der Waals surface area contributed by atoms with E-state index in [2.05, 4.69) is 10.4 Å². The number of hydrogen-bond acceptors (Lipinski definition) is 3. The maximum atomic E-state index is 13.4. The second-order valence-electron chi connectivity index (χ2n) is 3.58. The summed E-state index contributed by atoms with van der Waals surface area (Å²) in [6.07, 6.45) is 1.33. The molecule has 0 fully saturated rings. The molecule has 0 atom stereocenters. The van der Waals surface area contributed by atoms with Gasteiger partial charge in [0.25, 0.3) is 5.91 Å². The van der Waals surface area contributed by atoms with E-state index in [-0.39, 0.29) is 16.9 Å². The van der Waals surface area contributed by atoms with E-state index >= 15 is 0 Å². The highest BCUT2D eigenvalue weighted by molar-refractivity contribution is 6.04. The van der Waals surface area contributed by atoms with Gasteiger partial charge in [-0.05, 0) is 12.1 Å². The number of rotatable bonds is 2. The van der Waals surface area contributed by atoms with Crippen LogP contribution in [0.4, 0.5) is 10.2 Å². The Bertz CT molecular complexity index is 642. The van der Waals surface area contributed by atoms with Crippen LogP contribution in [0, 0.1) is 17.1 Å². The molecular weight excluding hydrogens is 235 g/mol. The van der Waals surface area contributed by atoms with Gasteiger partial charge in [0.05, 0.1) is 11.8 Å². The Balaban J connectivity index is 2.31. The summed E-state index contributed by atoms with van der Waals surface area (Å²) in [4.78, 5) is 11.9. The van der Waals surface area contributed by atoms with Crippen LogP contribution in [0.5, 0.6) is 0 Å². The van der Waals surface area contributed by atoms with Crippen molar-refractivity contribution < 1.29 is 9.18 Å². The fraction of sp³-hybridized carbons (Fsp3) is 0.0833. The molecule has 18 heavy (non-hydrogen) atoms. The van der Waals surface area contributed by atoms with Gasteiger partial charge in [0, 0.05) is 7.05 Å². The third-order valence-corrected chi connectivity index (χ3v) is 2.41. The molecule has 0 saturated carbocycles. The standard InChI is InChI=1S/C12H9FN4O/c1-17-11(8(6-14)7-15-17)16-12(18)9-4-2-3-5-10(9)13/h2-5,7H,1H3,(H,16,18). The SMILES string of the molecule is Cn1ncc(C#N)c1NC(=O)c1ccccc1F. The highest BCUT2D eigenvalue weighted by atomic mass is 19.1. The quantitative estimate of drug-likeness (QED) is 0.873. The van der Waals surface area contributed by atoms with Crippen molar-refractivity contribution in [1.29, 1.82) is 5.26 Å². The van der Waals surface area contributed by atoms with E-state index in [0.29, 0.717) is 0 Å². The van der Waals surface area contributed by atoms with Crippen LogP contribution in [-0.4, -0.2) is 15.7 Å². The molecule has 1 aromatic carbocycles. The molecule has 0 aliphatic carbocycles. The minimum Gasteiger partial charge on any atom is -0.306 e. The normalized spacial score (nSPS) is 9.83. The molecule has 1 heterocycles. The molecule has 0 saturated heterocycles. The predicted molar refractivity (Wildman–Crippen MR) is 62.3 cm³/mol. The number of hydrogen-bond donors (Lipinski definition) is 1. The first kappa shape index (κ1) is 11.8. The van der Waals surface area contributed by atoms with E-state index in [0.717, 1.165) is 0 Å². The fourth-order valence-electron chi connectivity index (χ4n) is 1.49. The number of carbonyl (C=O) groups is 1. The van der Waals surface area contributed by atoms with E-state index in [1.165, 1.54) is 29.1 Å². The summed E-state index contributed by atoms with van der Waals surface area (Å²) in [6.45, 7) is 0. The number of aromatic nitrogens is 2. The summed E-state index contributed by atoms with van der Waals surface area (Å²) < 4.78 is 14.7. The van der Waals surface area contributed by atoms with Gasteiger partial charge in [-0.15, -0.1) is 0 Å². The van der Waals surface area contributed by atoms with Crippen molar-refractivity contribution in [3.05, 3.63) is 47.4 Å². The van der Waals surface area contributed by atoms with Crippen LogP contribution in [0.25, 0.3) is 0 Å². The molecule has 0 aliphatic rings. The number of nitrogens with one attached hydrogen (secondary N) is 1. The number of halogens is 1. The molecule has 0 spiro atoms. The van der Waals surface area contributed by atoms with Crippen molar-refractivity contribution in [2.75, 3.05) is 5.32 Å². The Hall–Kier alpha value is -2.68. The number of nitrogens with zero attached hydrogens (tertiary/aromatic N) is 3. The molecular formula is C12H9FN4O. The van der Waals surface area contributed by atoms with Gasteiger partial charge in [0.2, 0.25) is 0 Å². The molecule has 90 valence electrons. The zero-order valence-electron chi connectivity index (χ0n) is 9.51. The average Bonchev–Trinajstić information content (AvgIpc) is 2.71. The zero-order chi connectivity index (χ0) is 13.1. The number of benzene rings is 1. The number of amides is 1. The van der Waals surface area contributed by atoms with Crippen LogP contribution in [0.3, 0.4) is 0 Å². The van der Waals surface area contributed by atoms with Crippen molar-refractivity contribution in [2.45, 2.75) is 0 Å². The topological polar surface area (TPSA) is 70.7 Å². The molecule has 1 aromatic heterocycles. The zero-order valence-corrected chi connectivity index (χ0v) is 9.51. The van der Waals surface area contributed by atoms with E-state index in [9.17, 15) is 9.18 Å². The van der Waals surface area contributed by atoms with Crippen LogP contribution in [0.15, 0.2) is 30.5 Å². The Morgan fingerprint density at radius 2 is 2.22 bits per heavy atom. The number of aryl methyl sites for hydroxylation is 1. The van der Waals surface area contributed by atoms with E-state index in [1.54, 1.807) is 13.1 Å². The summed E-state index contributed by atoms with van der Waals surface area (Å²) in [6, 6.07) is 7.52. The molecule has 5 nitrogen and oxygen atoms in total. The van der Waals surface area contributed by atoms with Crippen LogP contribution in [-0.2, 0) is 7.05 Å². The lowest BCUT2D eigenvalue weighted by Gasteiger charge is -2.06. The van der Waals surface area contributed by atoms with Gasteiger partial charge in [-0.25, -0.2) is 4.39 Å². The highest BCUT2D eigenvalue weighted by Crippen LogP contribution is 2.15. The first-order valence-electron chi connectivity index (χ1n) is 5.11. The lowest BCUT2D eigenvalue weighted by Crippen LogP contribution is -2.16. The van der Waals surface area contributed by atoms with Gasteiger partial charge >= 0.3 is 0 Å². The first-order chi connectivity index (χ1) is 8.63. The van der Waals surface area contributed by atoms with Gasteiger partial charge in [0.15, 0.2) is 0 Å². The number of anilines is 1. The van der Waals surface area contributed by atoms with Gasteiger partial charge in [-0.3, -0.25) is 9.48 Å². The second-order valence-corrected chi connectivity index (χ2v) is 3.58. The molecule has 1 amide bonds. The van der Waals surface area contributed by atoms with E-state index in [4.69, 9.17) is 5.26 Å². The lowest BCUT2D eigenvalue weighted by molar-refractivity contribution is 0.102. The minimum atomic E-state index is -0.617. The summed E-state index contributed by atoms with van der Waals surface area (Å²) in [7, 11) is 1.58. The van der Waals surface area contributed by atoms with Crippen LogP contribution in [0.1, 0.15) is 15.9 Å². The number of nitriles is 1. The van der Waals surface area contributed by atoms with Crippen molar-refractivity contribution >= 4 is 11.7 Å². The Morgan fingerprint density at radius 3 is 2.89 bits per heavy atom. The van der Waals surface area contributed by atoms with E-state index in [1.807, 2.05) is 6.07 Å². The van der Waals surface area contributed by atoms with Gasteiger partial charge in [-0.2, -0.15) is 10.4 Å². The van der Waals surface area contributed by atoms with Crippen molar-refractivity contribution in [3.63, 3.8) is 0 Å². The second kappa shape index (κ2) is 4.67. The Morgan fingerprint density at radius 1 is 1.50 bits per heavy atom. The third kappa shape index (κ3) is 2.06. The van der Waals surface area contributed by atoms with Gasteiger partial charge in [-0.1, -0.05) is 12.1 Å². The van der Waals surface area contributed by atoms with Crippen molar-refractivity contribution in [1.82, 2.24) is 9.78 Å². The average molecular weight is 244 g/mol.